The van der Waals surface area contributed by atoms with Crippen molar-refractivity contribution < 1.29 is 9.18 Å². The average Bonchev–Trinajstić information content (AvgIpc) is 2.91. The topological polar surface area (TPSA) is 29.1 Å². The molecule has 0 saturated heterocycles. The Morgan fingerprint density at radius 2 is 2.00 bits per heavy atom. The van der Waals surface area contributed by atoms with E-state index in [0.717, 1.165) is 15.6 Å². The van der Waals surface area contributed by atoms with Crippen molar-refractivity contribution in [1.29, 1.82) is 0 Å². The number of hydrogen-bond donors (Lipinski definition) is 1. The Labute approximate surface area is 132 Å². The molecular weight excluding hydrogens is 297 g/mol. The monoisotopic (exact) mass is 312 g/mol. The predicted molar refractivity (Wildman–Crippen MR) is 88.5 cm³/mol. The van der Waals surface area contributed by atoms with Crippen molar-refractivity contribution in [2.75, 3.05) is 0 Å². The van der Waals surface area contributed by atoms with E-state index in [2.05, 4.69) is 12.2 Å². The van der Waals surface area contributed by atoms with Gasteiger partial charge >= 0.3 is 0 Å². The molecule has 4 heteroatoms. The number of carbonyl (C=O) groups excluding carboxylic acids is 1. The average molecular weight is 312 g/mol. The molecule has 111 valence electrons. The highest BCUT2D eigenvalue weighted by Crippen LogP contribution is 2.25. The third-order valence-electron chi connectivity index (χ3n) is 3.36. The van der Waals surface area contributed by atoms with E-state index in [1.54, 1.807) is 6.07 Å². The summed E-state index contributed by atoms with van der Waals surface area (Å²) < 4.78 is 14.2. The van der Waals surface area contributed by atoms with Gasteiger partial charge in [-0.1, -0.05) is 30.3 Å². The maximum atomic E-state index is 13.2. The zero-order chi connectivity index (χ0) is 15.5. The van der Waals surface area contributed by atoms with E-state index >= 15 is 0 Å². The lowest BCUT2D eigenvalue weighted by atomic mass is 10.1. The van der Waals surface area contributed by atoms with Crippen LogP contribution in [0.3, 0.4) is 0 Å². The van der Waals surface area contributed by atoms with Gasteiger partial charge in [0.1, 0.15) is 5.82 Å². The lowest BCUT2D eigenvalue weighted by Gasteiger charge is -2.13. The molecule has 0 fully saturated rings. The van der Waals surface area contributed by atoms with Crippen LogP contribution in [0.2, 0.25) is 0 Å². The molecule has 22 heavy (non-hydrogen) atoms. The van der Waals surface area contributed by atoms with E-state index in [0.29, 0.717) is 11.3 Å². The van der Waals surface area contributed by atoms with Crippen molar-refractivity contribution in [2.24, 2.45) is 0 Å². The lowest BCUT2D eigenvalue weighted by molar-refractivity contribution is 0.0948. The molecule has 0 saturated carbocycles. The Morgan fingerprint density at radius 1 is 1.18 bits per heavy atom. The second-order valence-electron chi connectivity index (χ2n) is 5.15. The lowest BCUT2D eigenvalue weighted by Crippen LogP contribution is -2.33. The molecule has 1 amide bonds. The highest BCUT2D eigenvalue weighted by Gasteiger charge is 2.13. The molecule has 3 aromatic rings. The fourth-order valence-electron chi connectivity index (χ4n) is 2.35. The Morgan fingerprint density at radius 3 is 2.77 bits per heavy atom. The van der Waals surface area contributed by atoms with Crippen molar-refractivity contribution in [3.05, 3.63) is 77.8 Å². The van der Waals surface area contributed by atoms with E-state index in [9.17, 15) is 9.18 Å². The summed E-state index contributed by atoms with van der Waals surface area (Å²) in [6.07, 6.45) is 0.494. The minimum atomic E-state index is -0.306. The Kier molecular flexibility index (Phi) is 4.20. The van der Waals surface area contributed by atoms with Crippen molar-refractivity contribution >= 4 is 27.3 Å². The van der Waals surface area contributed by atoms with Crippen molar-refractivity contribution in [2.45, 2.75) is 12.5 Å². The first-order valence-electron chi connectivity index (χ1n) is 6.99. The smallest absolute Gasteiger partial charge is 0.261 e. The first-order valence-corrected chi connectivity index (χ1v) is 7.80. The molecule has 1 heterocycles. The number of rotatable bonds is 4. The largest absolute Gasteiger partial charge is 0.348 e. The van der Waals surface area contributed by atoms with Crippen LogP contribution in [0, 0.1) is 12.7 Å². The summed E-state index contributed by atoms with van der Waals surface area (Å²) in [5.41, 5.74) is 0.816. The summed E-state index contributed by atoms with van der Waals surface area (Å²) in [5, 5.41) is 3.92. The van der Waals surface area contributed by atoms with Gasteiger partial charge in [-0.15, -0.1) is 11.3 Å². The van der Waals surface area contributed by atoms with Crippen LogP contribution in [0.25, 0.3) is 10.1 Å². The van der Waals surface area contributed by atoms with Crippen LogP contribution >= 0.6 is 11.3 Å². The fraction of sp³-hybridized carbons (Fsp3) is 0.111. The fourth-order valence-corrected chi connectivity index (χ4v) is 3.32. The molecule has 1 radical (unpaired) electrons. The molecule has 0 spiro atoms. The number of hydrogen-bond acceptors (Lipinski definition) is 2. The van der Waals surface area contributed by atoms with E-state index in [1.807, 2.05) is 36.4 Å². The Bertz CT molecular complexity index is 778. The van der Waals surface area contributed by atoms with Crippen LogP contribution < -0.4 is 5.32 Å². The molecule has 0 aliphatic rings. The van der Waals surface area contributed by atoms with Crippen LogP contribution in [-0.2, 0) is 6.42 Å². The van der Waals surface area contributed by atoms with Gasteiger partial charge < -0.3 is 5.32 Å². The molecule has 1 atom stereocenters. The minimum Gasteiger partial charge on any atom is -0.348 e. The van der Waals surface area contributed by atoms with Crippen LogP contribution in [-0.4, -0.2) is 11.9 Å². The highest BCUT2D eigenvalue weighted by molar-refractivity contribution is 7.20. The number of halogens is 1. The molecule has 1 N–H and O–H groups in total. The van der Waals surface area contributed by atoms with Gasteiger partial charge in [-0.2, -0.15) is 0 Å². The molecule has 0 unspecified atom stereocenters. The zero-order valence-corrected chi connectivity index (χ0v) is 12.7. The number of amides is 1. The van der Waals surface area contributed by atoms with Crippen LogP contribution in [0.1, 0.15) is 15.2 Å². The second kappa shape index (κ2) is 6.28. The molecule has 3 rings (SSSR count). The van der Waals surface area contributed by atoms with Gasteiger partial charge in [0.2, 0.25) is 0 Å². The summed E-state index contributed by atoms with van der Waals surface area (Å²) in [7, 11) is 0. The quantitative estimate of drug-likeness (QED) is 0.768. The molecule has 0 bridgehead atoms. The van der Waals surface area contributed by atoms with Gasteiger partial charge in [0.05, 0.1) is 4.88 Å². The van der Waals surface area contributed by atoms with Crippen LogP contribution in [0.4, 0.5) is 4.39 Å². The van der Waals surface area contributed by atoms with E-state index in [1.165, 1.54) is 23.5 Å². The van der Waals surface area contributed by atoms with Gasteiger partial charge in [0, 0.05) is 10.7 Å². The zero-order valence-electron chi connectivity index (χ0n) is 11.9. The summed E-state index contributed by atoms with van der Waals surface area (Å²) in [6.45, 7) is 3.93. The molecular formula is C18H15FNOS. The van der Waals surface area contributed by atoms with E-state index < -0.39 is 0 Å². The number of carbonyl (C=O) groups is 1. The van der Waals surface area contributed by atoms with Crippen LogP contribution in [0.5, 0.6) is 0 Å². The van der Waals surface area contributed by atoms with Crippen molar-refractivity contribution in [3.8, 4) is 0 Å². The minimum absolute atomic E-state index is 0.141. The molecule has 0 aliphatic carbocycles. The second-order valence-corrected chi connectivity index (χ2v) is 6.24. The van der Waals surface area contributed by atoms with Gasteiger partial charge in [-0.05, 0) is 48.6 Å². The molecule has 1 aromatic heterocycles. The van der Waals surface area contributed by atoms with Crippen molar-refractivity contribution in [3.63, 3.8) is 0 Å². The number of thiophene rings is 1. The summed E-state index contributed by atoms with van der Waals surface area (Å²) in [6, 6.07) is 15.8. The number of fused-ring (bicyclic) bond motifs is 1. The molecule has 2 aromatic carbocycles. The molecule has 0 aliphatic heterocycles. The van der Waals surface area contributed by atoms with Gasteiger partial charge in [0.25, 0.3) is 5.91 Å². The summed E-state index contributed by atoms with van der Waals surface area (Å²) in [4.78, 5) is 12.9. The maximum Gasteiger partial charge on any atom is 0.261 e. The predicted octanol–water partition coefficient (Wildman–Crippen LogP) is 4.22. The van der Waals surface area contributed by atoms with E-state index in [4.69, 9.17) is 0 Å². The standard InChI is InChI=1S/C18H15FNOS/c1-12(9-13-5-4-7-15(19)10-13)20-18(21)17-11-14-6-2-3-8-16(14)22-17/h2-8,10-12H,1,9H2,(H,20,21)/t12-/m1/s1. The van der Waals surface area contributed by atoms with Gasteiger partial charge in [0.15, 0.2) is 0 Å². The highest BCUT2D eigenvalue weighted by atomic mass is 32.1. The van der Waals surface area contributed by atoms with Crippen molar-refractivity contribution in [1.82, 2.24) is 5.32 Å². The summed E-state index contributed by atoms with van der Waals surface area (Å²) in [5.74, 6) is -0.418. The van der Waals surface area contributed by atoms with Gasteiger partial charge in [-0.25, -0.2) is 4.39 Å². The normalized spacial score (nSPS) is 12.3. The van der Waals surface area contributed by atoms with Gasteiger partial charge in [-0.3, -0.25) is 4.79 Å². The maximum absolute atomic E-state index is 13.2. The Balaban J connectivity index is 1.68. The third kappa shape index (κ3) is 3.34. The SMILES string of the molecule is [CH2][C@H](Cc1cccc(F)c1)NC(=O)c1cc2ccccc2s1. The summed E-state index contributed by atoms with van der Waals surface area (Å²) >= 11 is 1.46. The number of nitrogens with one attached hydrogen (secondary N) is 1. The first-order chi connectivity index (χ1) is 10.6. The molecule has 2 nitrogen and oxygen atoms in total. The van der Waals surface area contributed by atoms with E-state index in [-0.39, 0.29) is 17.8 Å². The first kappa shape index (κ1) is 14.7. The third-order valence-corrected chi connectivity index (χ3v) is 4.47. The Hall–Kier alpha value is -2.20. The van der Waals surface area contributed by atoms with Crippen LogP contribution in [0.15, 0.2) is 54.6 Å². The number of benzene rings is 2.